The lowest BCUT2D eigenvalue weighted by Gasteiger charge is -2.16. The second-order valence-electron chi connectivity index (χ2n) is 4.46. The highest BCUT2D eigenvalue weighted by Crippen LogP contribution is 2.44. The van der Waals surface area contributed by atoms with Gasteiger partial charge in [-0.05, 0) is 40.5 Å². The number of aromatic carboxylic acids is 1. The van der Waals surface area contributed by atoms with Crippen LogP contribution in [-0.2, 0) is 7.05 Å². The lowest BCUT2D eigenvalue weighted by molar-refractivity contribution is 0.0689. The number of carboxylic acid groups (broad SMARTS) is 1. The van der Waals surface area contributed by atoms with Crippen LogP contribution in [0.2, 0.25) is 0 Å². The number of carbonyl (C=O) groups is 1. The Morgan fingerprint density at radius 1 is 1.33 bits per heavy atom. The zero-order valence-electron chi connectivity index (χ0n) is 12.1. The molecule has 2 aromatic rings. The van der Waals surface area contributed by atoms with Gasteiger partial charge in [0.15, 0.2) is 17.2 Å². The third-order valence-corrected chi connectivity index (χ3v) is 3.92. The molecule has 6 nitrogen and oxygen atoms in total. The van der Waals surface area contributed by atoms with Crippen molar-refractivity contribution < 1.29 is 19.4 Å². The van der Waals surface area contributed by atoms with Crippen molar-refractivity contribution >= 4 is 21.9 Å². The van der Waals surface area contributed by atoms with Crippen LogP contribution in [-0.4, -0.2) is 35.1 Å². The highest BCUT2D eigenvalue weighted by atomic mass is 79.9. The normalized spacial score (nSPS) is 10.5. The molecule has 21 heavy (non-hydrogen) atoms. The molecule has 2 rings (SSSR count). The topological polar surface area (TPSA) is 73.6 Å². The number of methoxy groups -OCH3 is 2. The minimum Gasteiger partial charge on any atom is -0.493 e. The van der Waals surface area contributed by atoms with Crippen LogP contribution in [0.5, 0.6) is 11.5 Å². The smallest absolute Gasteiger partial charge is 0.356 e. The summed E-state index contributed by atoms with van der Waals surface area (Å²) in [6.45, 7) is 1.91. The number of nitrogens with zero attached hydrogens (tertiary/aromatic N) is 2. The van der Waals surface area contributed by atoms with Crippen LogP contribution in [0.1, 0.15) is 16.1 Å². The molecule has 0 fully saturated rings. The molecule has 1 aromatic carbocycles. The van der Waals surface area contributed by atoms with E-state index in [0.717, 1.165) is 11.1 Å². The fraction of sp³-hybridized carbons (Fsp3) is 0.286. The Morgan fingerprint density at radius 2 is 2.00 bits per heavy atom. The van der Waals surface area contributed by atoms with Gasteiger partial charge >= 0.3 is 5.97 Å². The number of ether oxygens (including phenoxy) is 2. The highest BCUT2D eigenvalue weighted by molar-refractivity contribution is 9.10. The van der Waals surface area contributed by atoms with Gasteiger partial charge in [0.2, 0.25) is 0 Å². The number of aryl methyl sites for hydroxylation is 2. The van der Waals surface area contributed by atoms with Gasteiger partial charge in [0.25, 0.3) is 0 Å². The molecule has 0 bridgehead atoms. The van der Waals surface area contributed by atoms with Gasteiger partial charge in [-0.15, -0.1) is 0 Å². The maximum atomic E-state index is 11.1. The number of aromatic nitrogens is 2. The Labute approximate surface area is 130 Å². The van der Waals surface area contributed by atoms with Crippen molar-refractivity contribution in [2.24, 2.45) is 7.05 Å². The molecule has 1 N–H and O–H groups in total. The molecule has 0 spiro atoms. The summed E-state index contributed by atoms with van der Waals surface area (Å²) in [7, 11) is 4.81. The second-order valence-corrected chi connectivity index (χ2v) is 5.25. The van der Waals surface area contributed by atoms with E-state index >= 15 is 0 Å². The molecule has 7 heteroatoms. The standard InChI is InChI=1S/C14H15BrN2O4/c1-7-5-10(20-3)13(21-4)12(15)11(7)9-6-8(14(18)19)16-17(9)2/h5-6H,1-4H3,(H,18,19). The van der Waals surface area contributed by atoms with E-state index in [1.165, 1.54) is 10.7 Å². The fourth-order valence-electron chi connectivity index (χ4n) is 2.19. The van der Waals surface area contributed by atoms with Gasteiger partial charge in [0, 0.05) is 12.6 Å². The Morgan fingerprint density at radius 3 is 2.48 bits per heavy atom. The third-order valence-electron chi connectivity index (χ3n) is 3.16. The molecule has 0 aliphatic heterocycles. The first kappa shape index (κ1) is 15.4. The molecule has 0 amide bonds. The summed E-state index contributed by atoms with van der Waals surface area (Å²) in [6, 6.07) is 3.37. The Bertz CT molecular complexity index is 709. The van der Waals surface area contributed by atoms with Gasteiger partial charge in [0.1, 0.15) is 0 Å². The van der Waals surface area contributed by atoms with E-state index in [1.54, 1.807) is 21.3 Å². The Balaban J connectivity index is 2.72. The molecule has 0 radical (unpaired) electrons. The predicted molar refractivity (Wildman–Crippen MR) is 81.1 cm³/mol. The average molecular weight is 355 g/mol. The molecule has 1 heterocycles. The molecular weight excluding hydrogens is 340 g/mol. The van der Waals surface area contributed by atoms with Crippen molar-refractivity contribution in [3.63, 3.8) is 0 Å². The molecule has 1 aromatic heterocycles. The summed E-state index contributed by atoms with van der Waals surface area (Å²) in [4.78, 5) is 11.1. The molecule has 0 saturated heterocycles. The van der Waals surface area contributed by atoms with Gasteiger partial charge in [-0.1, -0.05) is 0 Å². The first-order valence-corrected chi connectivity index (χ1v) is 6.88. The van der Waals surface area contributed by atoms with Gasteiger partial charge in [0.05, 0.1) is 24.4 Å². The maximum Gasteiger partial charge on any atom is 0.356 e. The first-order valence-electron chi connectivity index (χ1n) is 6.09. The monoisotopic (exact) mass is 354 g/mol. The van der Waals surface area contributed by atoms with Crippen LogP contribution in [0.4, 0.5) is 0 Å². The minimum absolute atomic E-state index is 0.00594. The largest absolute Gasteiger partial charge is 0.493 e. The van der Waals surface area contributed by atoms with Gasteiger partial charge < -0.3 is 14.6 Å². The molecule has 0 unspecified atom stereocenters. The zero-order chi connectivity index (χ0) is 15.7. The number of hydrogen-bond acceptors (Lipinski definition) is 4. The Kier molecular flexibility index (Phi) is 4.22. The summed E-state index contributed by atoms with van der Waals surface area (Å²) < 4.78 is 12.9. The van der Waals surface area contributed by atoms with Crippen LogP contribution >= 0.6 is 15.9 Å². The predicted octanol–water partition coefficient (Wildman–Crippen LogP) is 2.87. The quantitative estimate of drug-likeness (QED) is 0.913. The third kappa shape index (κ3) is 2.61. The van der Waals surface area contributed by atoms with E-state index in [-0.39, 0.29) is 5.69 Å². The number of halogens is 1. The van der Waals surface area contributed by atoms with Crippen LogP contribution in [0.15, 0.2) is 16.6 Å². The zero-order valence-corrected chi connectivity index (χ0v) is 13.7. The van der Waals surface area contributed by atoms with E-state index in [4.69, 9.17) is 14.6 Å². The van der Waals surface area contributed by atoms with E-state index in [0.29, 0.717) is 21.7 Å². The lowest BCUT2D eigenvalue weighted by atomic mass is 10.0. The molecule has 0 aliphatic rings. The van der Waals surface area contributed by atoms with Crippen molar-refractivity contribution in [2.45, 2.75) is 6.92 Å². The highest BCUT2D eigenvalue weighted by Gasteiger charge is 2.21. The number of carboxylic acids is 1. The van der Waals surface area contributed by atoms with Crippen molar-refractivity contribution in [3.05, 3.63) is 27.9 Å². The summed E-state index contributed by atoms with van der Waals surface area (Å²) in [5.41, 5.74) is 2.40. The number of hydrogen-bond donors (Lipinski definition) is 1. The fourth-order valence-corrected chi connectivity index (χ4v) is 3.06. The SMILES string of the molecule is COc1cc(C)c(-c2cc(C(=O)O)nn2C)c(Br)c1OC. The van der Waals surface area contributed by atoms with Crippen molar-refractivity contribution in [1.29, 1.82) is 0 Å². The summed E-state index contributed by atoms with van der Waals surface area (Å²) in [6.07, 6.45) is 0. The molecule has 112 valence electrons. The summed E-state index contributed by atoms with van der Waals surface area (Å²) in [5, 5.41) is 13.0. The average Bonchev–Trinajstić information content (AvgIpc) is 2.80. The molecular formula is C14H15BrN2O4. The van der Waals surface area contributed by atoms with E-state index in [9.17, 15) is 4.79 Å². The summed E-state index contributed by atoms with van der Waals surface area (Å²) >= 11 is 3.51. The van der Waals surface area contributed by atoms with Gasteiger partial charge in [-0.2, -0.15) is 5.10 Å². The second kappa shape index (κ2) is 5.77. The molecule has 0 aliphatic carbocycles. The first-order chi connectivity index (χ1) is 9.90. The number of rotatable bonds is 4. The van der Waals surface area contributed by atoms with Crippen molar-refractivity contribution in [1.82, 2.24) is 9.78 Å². The maximum absolute atomic E-state index is 11.1. The minimum atomic E-state index is -1.06. The van der Waals surface area contributed by atoms with Crippen LogP contribution < -0.4 is 9.47 Å². The van der Waals surface area contributed by atoms with Crippen molar-refractivity contribution in [2.75, 3.05) is 14.2 Å². The van der Waals surface area contributed by atoms with Crippen molar-refractivity contribution in [3.8, 4) is 22.8 Å². The van der Waals surface area contributed by atoms with Crippen LogP contribution in [0.3, 0.4) is 0 Å². The van der Waals surface area contributed by atoms with Crippen LogP contribution in [0.25, 0.3) is 11.3 Å². The number of benzene rings is 1. The van der Waals surface area contributed by atoms with Gasteiger partial charge in [-0.25, -0.2) is 4.79 Å². The van der Waals surface area contributed by atoms with Gasteiger partial charge in [-0.3, -0.25) is 4.68 Å². The van der Waals surface area contributed by atoms with E-state index in [1.807, 2.05) is 13.0 Å². The molecule has 0 atom stereocenters. The lowest BCUT2D eigenvalue weighted by Crippen LogP contribution is -2.00. The molecule has 0 saturated carbocycles. The van der Waals surface area contributed by atoms with Crippen LogP contribution in [0, 0.1) is 6.92 Å². The summed E-state index contributed by atoms with van der Waals surface area (Å²) in [5.74, 6) is 0.0912. The van der Waals surface area contributed by atoms with E-state index < -0.39 is 5.97 Å². The Hall–Kier alpha value is -2.02. The van der Waals surface area contributed by atoms with E-state index in [2.05, 4.69) is 21.0 Å².